The van der Waals surface area contributed by atoms with Crippen molar-refractivity contribution in [2.75, 3.05) is 4.90 Å². The van der Waals surface area contributed by atoms with E-state index in [-0.39, 0.29) is 5.91 Å². The summed E-state index contributed by atoms with van der Waals surface area (Å²) in [5, 5.41) is 3.39. The van der Waals surface area contributed by atoms with Gasteiger partial charge in [0.25, 0.3) is 5.91 Å². The van der Waals surface area contributed by atoms with E-state index < -0.39 is 0 Å². The highest BCUT2D eigenvalue weighted by Gasteiger charge is 2.33. The summed E-state index contributed by atoms with van der Waals surface area (Å²) < 4.78 is 11.8. The van der Waals surface area contributed by atoms with Gasteiger partial charge in [0.05, 0.1) is 5.69 Å². The zero-order valence-corrected chi connectivity index (χ0v) is 18.7. The number of anilines is 1. The number of hydrogen-bond donors (Lipinski definition) is 1. The summed E-state index contributed by atoms with van der Waals surface area (Å²) in [6.07, 6.45) is 5.99. The Labute approximate surface area is 192 Å². The van der Waals surface area contributed by atoms with Crippen LogP contribution >= 0.6 is 12.2 Å². The number of fused-ring (bicyclic) bond motifs is 1. The lowest BCUT2D eigenvalue weighted by atomic mass is 10.1. The lowest BCUT2D eigenvalue weighted by Gasteiger charge is -2.17. The lowest BCUT2D eigenvalue weighted by molar-refractivity contribution is -0.113. The van der Waals surface area contributed by atoms with Crippen LogP contribution in [0, 0.1) is 0 Å². The van der Waals surface area contributed by atoms with E-state index in [0.717, 1.165) is 36.3 Å². The van der Waals surface area contributed by atoms with Gasteiger partial charge in [-0.1, -0.05) is 31.2 Å². The average molecular weight is 445 g/mol. The first-order valence-electron chi connectivity index (χ1n) is 10.9. The molecule has 0 radical (unpaired) electrons. The summed E-state index contributed by atoms with van der Waals surface area (Å²) in [5.74, 6) is 1.92. The van der Waals surface area contributed by atoms with Crippen molar-refractivity contribution >= 4 is 35.0 Å². The highest BCUT2D eigenvalue weighted by molar-refractivity contribution is 7.80. The number of hydrogen-bond acceptors (Lipinski definition) is 4. The monoisotopic (exact) mass is 444 g/mol. The van der Waals surface area contributed by atoms with Crippen molar-refractivity contribution in [2.24, 2.45) is 0 Å². The smallest absolute Gasteiger partial charge is 0.281 e. The topological polar surface area (TPSA) is 54.7 Å². The molecule has 0 atom stereocenters. The summed E-state index contributed by atoms with van der Waals surface area (Å²) in [4.78, 5) is 14.6. The zero-order chi connectivity index (χ0) is 22.1. The largest absolute Gasteiger partial charge is 0.486 e. The minimum Gasteiger partial charge on any atom is -0.486 e. The minimum atomic E-state index is -0.191. The Hall–Kier alpha value is -3.38. The molecule has 0 unspecified atom stereocenters. The summed E-state index contributed by atoms with van der Waals surface area (Å²) in [6.45, 7) is 2.39. The van der Waals surface area contributed by atoms with Crippen LogP contribution in [0.4, 0.5) is 5.69 Å². The third kappa shape index (κ3) is 3.94. The normalized spacial score (nSPS) is 16.5. The van der Waals surface area contributed by atoms with Crippen LogP contribution in [0.2, 0.25) is 0 Å². The van der Waals surface area contributed by atoms with Gasteiger partial charge in [-0.25, -0.2) is 0 Å². The first-order valence-corrected chi connectivity index (χ1v) is 11.3. The molecule has 5 nitrogen and oxygen atoms in total. The molecule has 1 saturated heterocycles. The second-order valence-electron chi connectivity index (χ2n) is 7.99. The number of furan rings is 1. The third-order valence-corrected chi connectivity index (χ3v) is 6.20. The number of thiocarbonyl (C=S) groups is 1. The third-order valence-electron chi connectivity index (χ3n) is 5.91. The van der Waals surface area contributed by atoms with Crippen LogP contribution in [0.3, 0.4) is 0 Å². The van der Waals surface area contributed by atoms with Crippen molar-refractivity contribution in [2.45, 2.75) is 39.2 Å². The van der Waals surface area contributed by atoms with Crippen LogP contribution in [-0.2, 0) is 30.7 Å². The molecule has 0 spiro atoms. The Morgan fingerprint density at radius 2 is 1.97 bits per heavy atom. The molecular weight excluding hydrogens is 420 g/mol. The molecule has 32 heavy (non-hydrogen) atoms. The molecule has 0 bridgehead atoms. The number of ether oxygens (including phenoxy) is 1. The maximum absolute atomic E-state index is 13.0. The van der Waals surface area contributed by atoms with Gasteiger partial charge in [-0.2, -0.15) is 0 Å². The summed E-state index contributed by atoms with van der Waals surface area (Å²) in [7, 11) is 0. The minimum absolute atomic E-state index is 0.191. The molecule has 1 N–H and O–H groups in total. The SMILES string of the molecule is CCc1ccccc1N1C(=O)/C(=C\c2ccc(COc3ccc4c(c3)CCC4)o2)NC1=S. The van der Waals surface area contributed by atoms with Crippen molar-refractivity contribution in [3.8, 4) is 5.75 Å². The number of amides is 1. The molecule has 6 heteroatoms. The van der Waals surface area contributed by atoms with Crippen LogP contribution in [-0.4, -0.2) is 11.0 Å². The Bertz CT molecular complexity index is 1230. The zero-order valence-electron chi connectivity index (χ0n) is 17.9. The molecule has 1 aliphatic heterocycles. The summed E-state index contributed by atoms with van der Waals surface area (Å²) in [5.41, 5.74) is 5.07. The van der Waals surface area contributed by atoms with Gasteiger partial charge in [0, 0.05) is 6.08 Å². The van der Waals surface area contributed by atoms with Crippen molar-refractivity contribution in [1.82, 2.24) is 5.32 Å². The molecule has 162 valence electrons. The number of nitrogens with one attached hydrogen (secondary N) is 1. The van der Waals surface area contributed by atoms with E-state index in [1.807, 2.05) is 42.5 Å². The van der Waals surface area contributed by atoms with E-state index in [1.54, 1.807) is 11.0 Å². The second-order valence-corrected chi connectivity index (χ2v) is 8.37. The number of carbonyl (C=O) groups is 1. The van der Waals surface area contributed by atoms with Crippen LogP contribution in [0.5, 0.6) is 5.75 Å². The molecule has 1 fully saturated rings. The number of rotatable bonds is 6. The first kappa shape index (κ1) is 20.5. The van der Waals surface area contributed by atoms with Gasteiger partial charge in [0.1, 0.15) is 29.6 Å². The van der Waals surface area contributed by atoms with Gasteiger partial charge in [-0.15, -0.1) is 0 Å². The Morgan fingerprint density at radius 1 is 1.12 bits per heavy atom. The number of para-hydroxylation sites is 1. The summed E-state index contributed by atoms with van der Waals surface area (Å²) >= 11 is 5.44. The van der Waals surface area contributed by atoms with Gasteiger partial charge >= 0.3 is 0 Å². The van der Waals surface area contributed by atoms with Crippen LogP contribution in [0.15, 0.2) is 64.7 Å². The van der Waals surface area contributed by atoms with Crippen LogP contribution in [0.1, 0.15) is 41.6 Å². The molecule has 5 rings (SSSR count). The quantitative estimate of drug-likeness (QED) is 0.420. The van der Waals surface area contributed by atoms with E-state index in [1.165, 1.54) is 17.5 Å². The highest BCUT2D eigenvalue weighted by atomic mass is 32.1. The van der Waals surface area contributed by atoms with Gasteiger partial charge in [-0.3, -0.25) is 9.69 Å². The lowest BCUT2D eigenvalue weighted by Crippen LogP contribution is -2.31. The Morgan fingerprint density at radius 3 is 2.84 bits per heavy atom. The fraction of sp³-hybridized carbons (Fsp3) is 0.231. The van der Waals surface area contributed by atoms with E-state index in [9.17, 15) is 4.79 Å². The molecule has 1 aliphatic carbocycles. The number of benzene rings is 2. The predicted octanol–water partition coefficient (Wildman–Crippen LogP) is 5.17. The van der Waals surface area contributed by atoms with Crippen molar-refractivity contribution in [3.05, 3.63) is 88.5 Å². The van der Waals surface area contributed by atoms with E-state index >= 15 is 0 Å². The van der Waals surface area contributed by atoms with Crippen molar-refractivity contribution < 1.29 is 13.9 Å². The van der Waals surface area contributed by atoms with Crippen LogP contribution < -0.4 is 15.0 Å². The van der Waals surface area contributed by atoms with E-state index in [0.29, 0.717) is 28.9 Å². The fourth-order valence-electron chi connectivity index (χ4n) is 4.27. The maximum Gasteiger partial charge on any atom is 0.281 e. The standard InChI is InChI=1S/C26H24N2O3S/c1-2-17-6-3-4-9-24(17)28-25(29)23(27-26(28)32)15-21-12-13-22(31-21)16-30-20-11-10-18-7-5-8-19(18)14-20/h3-4,6,9-15H,2,5,7-8,16H2,1H3,(H,27,32)/b23-15+. The number of carbonyl (C=O) groups excluding carboxylic acids is 1. The molecule has 3 aromatic rings. The van der Waals surface area contributed by atoms with Gasteiger partial charge in [0.15, 0.2) is 5.11 Å². The molecule has 1 aromatic heterocycles. The van der Waals surface area contributed by atoms with Crippen LogP contribution in [0.25, 0.3) is 6.08 Å². The van der Waals surface area contributed by atoms with E-state index in [4.69, 9.17) is 21.4 Å². The molecule has 0 saturated carbocycles. The average Bonchev–Trinajstić information content (AvgIpc) is 3.52. The van der Waals surface area contributed by atoms with E-state index in [2.05, 4.69) is 24.4 Å². The first-order chi connectivity index (χ1) is 15.6. The Kier molecular flexibility index (Phi) is 5.53. The van der Waals surface area contributed by atoms with Crippen molar-refractivity contribution in [1.29, 1.82) is 0 Å². The molecule has 2 heterocycles. The van der Waals surface area contributed by atoms with Gasteiger partial charge in [0.2, 0.25) is 0 Å². The van der Waals surface area contributed by atoms with Crippen molar-refractivity contribution in [3.63, 3.8) is 0 Å². The van der Waals surface area contributed by atoms with Gasteiger partial charge < -0.3 is 14.5 Å². The summed E-state index contributed by atoms with van der Waals surface area (Å²) in [6, 6.07) is 17.8. The fourth-order valence-corrected chi connectivity index (χ4v) is 4.56. The number of nitrogens with zero attached hydrogens (tertiary/aromatic N) is 1. The molecule has 1 amide bonds. The second kappa shape index (κ2) is 8.63. The molecule has 2 aromatic carbocycles. The number of aryl methyl sites for hydroxylation is 3. The molecular formula is C26H24N2O3S. The molecule has 2 aliphatic rings. The predicted molar refractivity (Wildman–Crippen MR) is 129 cm³/mol. The highest BCUT2D eigenvalue weighted by Crippen LogP contribution is 2.28. The maximum atomic E-state index is 13.0. The Balaban J connectivity index is 1.29. The van der Waals surface area contributed by atoms with Gasteiger partial charge in [-0.05, 0) is 84.9 Å².